The number of hydrogen-bond acceptors (Lipinski definition) is 2. The van der Waals surface area contributed by atoms with Crippen molar-refractivity contribution in [1.82, 2.24) is 5.32 Å². The molecule has 0 heterocycles. The topological polar surface area (TPSA) is 66.4 Å². The molecular formula is C12H11BrFNO3. The smallest absolute Gasteiger partial charge is 0.307 e. The maximum atomic E-state index is 13.2. The number of aliphatic carboxylic acids is 1. The van der Waals surface area contributed by atoms with Crippen LogP contribution < -0.4 is 5.32 Å². The van der Waals surface area contributed by atoms with E-state index in [0.29, 0.717) is 16.5 Å². The number of halogens is 2. The number of nitrogens with one attached hydrogen (secondary N) is 1. The van der Waals surface area contributed by atoms with E-state index < -0.39 is 23.6 Å². The van der Waals surface area contributed by atoms with Crippen LogP contribution in [0.15, 0.2) is 22.7 Å². The van der Waals surface area contributed by atoms with E-state index in [-0.39, 0.29) is 12.5 Å². The average Bonchev–Trinajstić information content (AvgIpc) is 3.10. The lowest BCUT2D eigenvalue weighted by atomic mass is 10.2. The SMILES string of the molecule is O=C(NCc1ccc(Br)c(F)c1)[C@H]1C[C@H]1C(=O)O. The zero-order valence-corrected chi connectivity index (χ0v) is 10.9. The van der Waals surface area contributed by atoms with Crippen LogP contribution in [0, 0.1) is 17.7 Å². The molecule has 1 aromatic carbocycles. The first-order valence-electron chi connectivity index (χ1n) is 5.43. The second kappa shape index (κ2) is 5.06. The van der Waals surface area contributed by atoms with Gasteiger partial charge < -0.3 is 10.4 Å². The summed E-state index contributed by atoms with van der Waals surface area (Å²) in [7, 11) is 0. The third kappa shape index (κ3) is 2.87. The highest BCUT2D eigenvalue weighted by Gasteiger charge is 2.48. The van der Waals surface area contributed by atoms with Gasteiger partial charge in [0.2, 0.25) is 5.91 Å². The summed E-state index contributed by atoms with van der Waals surface area (Å²) >= 11 is 3.04. The lowest BCUT2D eigenvalue weighted by Gasteiger charge is -2.05. The van der Waals surface area contributed by atoms with Gasteiger partial charge >= 0.3 is 5.97 Å². The van der Waals surface area contributed by atoms with Crippen molar-refractivity contribution in [2.24, 2.45) is 11.8 Å². The van der Waals surface area contributed by atoms with E-state index in [1.54, 1.807) is 12.1 Å². The first-order chi connectivity index (χ1) is 8.49. The lowest BCUT2D eigenvalue weighted by molar-refractivity contribution is -0.140. The third-order valence-corrected chi connectivity index (χ3v) is 3.54. The Hall–Kier alpha value is -1.43. The Morgan fingerprint density at radius 1 is 1.44 bits per heavy atom. The molecule has 1 aromatic rings. The second-order valence-electron chi connectivity index (χ2n) is 4.25. The Kier molecular flexibility index (Phi) is 3.65. The third-order valence-electron chi connectivity index (χ3n) is 2.90. The van der Waals surface area contributed by atoms with Crippen molar-refractivity contribution < 1.29 is 19.1 Å². The van der Waals surface area contributed by atoms with Crippen molar-refractivity contribution in [3.05, 3.63) is 34.1 Å². The van der Waals surface area contributed by atoms with Crippen molar-refractivity contribution >= 4 is 27.8 Å². The second-order valence-corrected chi connectivity index (χ2v) is 5.11. The largest absolute Gasteiger partial charge is 0.481 e. The summed E-state index contributed by atoms with van der Waals surface area (Å²) in [6, 6.07) is 4.58. The quantitative estimate of drug-likeness (QED) is 0.892. The highest BCUT2D eigenvalue weighted by Crippen LogP contribution is 2.38. The number of carbonyl (C=O) groups excluding carboxylic acids is 1. The number of rotatable bonds is 4. The molecule has 96 valence electrons. The monoisotopic (exact) mass is 315 g/mol. The first-order valence-corrected chi connectivity index (χ1v) is 6.23. The molecule has 2 atom stereocenters. The van der Waals surface area contributed by atoms with Crippen LogP contribution in [0.2, 0.25) is 0 Å². The Morgan fingerprint density at radius 2 is 2.17 bits per heavy atom. The maximum absolute atomic E-state index is 13.2. The molecule has 2 N–H and O–H groups in total. The number of carboxylic acid groups (broad SMARTS) is 1. The highest BCUT2D eigenvalue weighted by molar-refractivity contribution is 9.10. The minimum Gasteiger partial charge on any atom is -0.481 e. The first kappa shape index (κ1) is 13.0. The van der Waals surface area contributed by atoms with Crippen LogP contribution in [0.5, 0.6) is 0 Å². The van der Waals surface area contributed by atoms with Crippen LogP contribution in [0.1, 0.15) is 12.0 Å². The molecule has 0 unspecified atom stereocenters. The minimum absolute atomic E-state index is 0.200. The van der Waals surface area contributed by atoms with Gasteiger partial charge in [0.05, 0.1) is 16.3 Å². The van der Waals surface area contributed by atoms with Gasteiger partial charge in [0, 0.05) is 6.54 Å². The van der Waals surface area contributed by atoms with Crippen molar-refractivity contribution in [1.29, 1.82) is 0 Å². The van der Waals surface area contributed by atoms with E-state index in [0.717, 1.165) is 0 Å². The molecule has 1 fully saturated rings. The lowest BCUT2D eigenvalue weighted by Crippen LogP contribution is -2.25. The van der Waals surface area contributed by atoms with Crippen molar-refractivity contribution in [3.8, 4) is 0 Å². The fraction of sp³-hybridized carbons (Fsp3) is 0.333. The molecular weight excluding hydrogens is 305 g/mol. The number of hydrogen-bond donors (Lipinski definition) is 2. The number of amides is 1. The number of carbonyl (C=O) groups is 2. The molecule has 2 rings (SSSR count). The van der Waals surface area contributed by atoms with E-state index in [1.165, 1.54) is 6.07 Å². The molecule has 1 aliphatic rings. The van der Waals surface area contributed by atoms with E-state index in [2.05, 4.69) is 21.2 Å². The van der Waals surface area contributed by atoms with Crippen LogP contribution in [0.25, 0.3) is 0 Å². The molecule has 1 aliphatic carbocycles. The van der Waals surface area contributed by atoms with Gasteiger partial charge in [-0.05, 0) is 40.0 Å². The summed E-state index contributed by atoms with van der Waals surface area (Å²) < 4.78 is 13.6. The van der Waals surface area contributed by atoms with Gasteiger partial charge in [-0.3, -0.25) is 9.59 Å². The van der Waals surface area contributed by atoms with Crippen LogP contribution in [0.4, 0.5) is 4.39 Å². The molecule has 0 aliphatic heterocycles. The molecule has 1 amide bonds. The van der Waals surface area contributed by atoms with Gasteiger partial charge in [0.25, 0.3) is 0 Å². The summed E-state index contributed by atoms with van der Waals surface area (Å²) in [5, 5.41) is 11.3. The Balaban J connectivity index is 1.87. The molecule has 0 bridgehead atoms. The number of benzene rings is 1. The molecule has 0 saturated heterocycles. The van der Waals surface area contributed by atoms with E-state index in [9.17, 15) is 14.0 Å². The average molecular weight is 316 g/mol. The Labute approximate surface area is 111 Å². The van der Waals surface area contributed by atoms with Crippen LogP contribution >= 0.6 is 15.9 Å². The van der Waals surface area contributed by atoms with E-state index >= 15 is 0 Å². The molecule has 6 heteroatoms. The summed E-state index contributed by atoms with van der Waals surface area (Å²) in [5.74, 6) is -2.62. The maximum Gasteiger partial charge on any atom is 0.307 e. The number of carboxylic acids is 1. The van der Waals surface area contributed by atoms with E-state index in [1.807, 2.05) is 0 Å². The van der Waals surface area contributed by atoms with Crippen LogP contribution in [-0.4, -0.2) is 17.0 Å². The van der Waals surface area contributed by atoms with Crippen LogP contribution in [0.3, 0.4) is 0 Å². The minimum atomic E-state index is -0.940. The molecule has 1 saturated carbocycles. The van der Waals surface area contributed by atoms with Gasteiger partial charge in [-0.1, -0.05) is 6.07 Å². The van der Waals surface area contributed by atoms with Gasteiger partial charge in [0.1, 0.15) is 5.82 Å². The Morgan fingerprint density at radius 3 is 2.72 bits per heavy atom. The Bertz CT molecular complexity index is 506. The van der Waals surface area contributed by atoms with Gasteiger partial charge in [0.15, 0.2) is 0 Å². The van der Waals surface area contributed by atoms with Crippen LogP contribution in [-0.2, 0) is 16.1 Å². The summed E-state index contributed by atoms with van der Waals surface area (Å²) in [6.45, 7) is 0.200. The molecule has 0 aromatic heterocycles. The summed E-state index contributed by atoms with van der Waals surface area (Å²) in [5.41, 5.74) is 0.636. The molecule has 4 nitrogen and oxygen atoms in total. The molecule has 0 spiro atoms. The predicted octanol–water partition coefficient (Wildman–Crippen LogP) is 1.93. The zero-order valence-electron chi connectivity index (χ0n) is 9.32. The fourth-order valence-electron chi connectivity index (χ4n) is 1.73. The van der Waals surface area contributed by atoms with Gasteiger partial charge in [-0.15, -0.1) is 0 Å². The van der Waals surface area contributed by atoms with E-state index in [4.69, 9.17) is 5.11 Å². The zero-order chi connectivity index (χ0) is 13.3. The summed E-state index contributed by atoms with van der Waals surface area (Å²) in [6.07, 6.45) is 0.385. The van der Waals surface area contributed by atoms with Crippen molar-refractivity contribution in [3.63, 3.8) is 0 Å². The van der Waals surface area contributed by atoms with Crippen molar-refractivity contribution in [2.45, 2.75) is 13.0 Å². The predicted molar refractivity (Wildman–Crippen MR) is 65.2 cm³/mol. The normalized spacial score (nSPS) is 21.4. The van der Waals surface area contributed by atoms with Gasteiger partial charge in [-0.2, -0.15) is 0 Å². The molecule has 18 heavy (non-hydrogen) atoms. The molecule has 0 radical (unpaired) electrons. The van der Waals surface area contributed by atoms with Crippen molar-refractivity contribution in [2.75, 3.05) is 0 Å². The fourth-order valence-corrected chi connectivity index (χ4v) is 1.97. The highest BCUT2D eigenvalue weighted by atomic mass is 79.9. The summed E-state index contributed by atoms with van der Waals surface area (Å²) in [4.78, 5) is 22.2. The standard InChI is InChI=1S/C12H11BrFNO3/c13-9-2-1-6(3-10(9)14)5-15-11(16)7-4-8(7)12(17)18/h1-3,7-8H,4-5H2,(H,15,16)(H,17,18)/t7-,8+/m0/s1. The van der Waals surface area contributed by atoms with Gasteiger partial charge in [-0.25, -0.2) is 4.39 Å².